The van der Waals surface area contributed by atoms with Crippen LogP contribution in [0, 0.1) is 0 Å². The molecule has 2 heterocycles. The normalized spacial score (nSPS) is 15.6. The Morgan fingerprint density at radius 1 is 1.18 bits per heavy atom. The van der Waals surface area contributed by atoms with Crippen molar-refractivity contribution in [3.05, 3.63) is 109 Å². The second-order valence-electron chi connectivity index (χ2n) is 7.34. The van der Waals surface area contributed by atoms with Gasteiger partial charge in [0.1, 0.15) is 12.4 Å². The number of benzene rings is 2. The van der Waals surface area contributed by atoms with E-state index < -0.39 is 12.0 Å². The molecule has 0 radical (unpaired) electrons. The van der Waals surface area contributed by atoms with Crippen molar-refractivity contribution in [2.75, 3.05) is 13.7 Å². The number of para-hydroxylation sites is 1. The average Bonchev–Trinajstić information content (AvgIpc) is 3.16. The van der Waals surface area contributed by atoms with Gasteiger partial charge in [-0.1, -0.05) is 79.4 Å². The molecule has 1 atom stereocenters. The highest BCUT2D eigenvalue weighted by Crippen LogP contribution is 2.31. The number of hydrogen-bond acceptors (Lipinski definition) is 6. The van der Waals surface area contributed by atoms with Crippen molar-refractivity contribution in [1.29, 1.82) is 0 Å². The Labute approximate surface area is 195 Å². The molecule has 6 nitrogen and oxygen atoms in total. The smallest absolute Gasteiger partial charge is 0.338 e. The van der Waals surface area contributed by atoms with E-state index in [1.165, 1.54) is 18.4 Å². The van der Waals surface area contributed by atoms with Gasteiger partial charge in [0, 0.05) is 5.56 Å². The molecular formula is C26H24N2O4S. The molecule has 33 heavy (non-hydrogen) atoms. The van der Waals surface area contributed by atoms with Crippen LogP contribution in [0.4, 0.5) is 0 Å². The summed E-state index contributed by atoms with van der Waals surface area (Å²) in [4.78, 5) is 31.7. The van der Waals surface area contributed by atoms with Crippen LogP contribution < -0.4 is 19.6 Å². The summed E-state index contributed by atoms with van der Waals surface area (Å²) >= 11 is 1.29. The third kappa shape index (κ3) is 4.32. The molecule has 0 bridgehead atoms. The first-order chi connectivity index (χ1) is 16.1. The van der Waals surface area contributed by atoms with Gasteiger partial charge < -0.3 is 9.47 Å². The van der Waals surface area contributed by atoms with Gasteiger partial charge in [0.15, 0.2) is 4.80 Å². The van der Waals surface area contributed by atoms with E-state index in [1.54, 1.807) is 16.7 Å². The molecule has 3 aromatic rings. The molecule has 1 aliphatic rings. The summed E-state index contributed by atoms with van der Waals surface area (Å²) in [6.45, 7) is 5.99. The number of fused-ring (bicyclic) bond motifs is 1. The largest absolute Gasteiger partial charge is 0.489 e. The first-order valence-corrected chi connectivity index (χ1v) is 11.4. The highest BCUT2D eigenvalue weighted by atomic mass is 32.1. The average molecular weight is 461 g/mol. The summed E-state index contributed by atoms with van der Waals surface area (Å²) in [5, 5.41) is 0. The molecule has 7 heteroatoms. The molecule has 0 amide bonds. The lowest BCUT2D eigenvalue weighted by Crippen LogP contribution is -2.40. The van der Waals surface area contributed by atoms with Crippen molar-refractivity contribution < 1.29 is 14.3 Å². The third-order valence-electron chi connectivity index (χ3n) is 5.33. The van der Waals surface area contributed by atoms with Crippen molar-refractivity contribution in [3.8, 4) is 5.75 Å². The van der Waals surface area contributed by atoms with Crippen LogP contribution in [0.15, 0.2) is 88.3 Å². The zero-order valence-electron chi connectivity index (χ0n) is 18.5. The fraction of sp³-hybridized carbons (Fsp3) is 0.192. The highest BCUT2D eigenvalue weighted by molar-refractivity contribution is 7.07. The van der Waals surface area contributed by atoms with Gasteiger partial charge in [0.25, 0.3) is 5.56 Å². The van der Waals surface area contributed by atoms with Crippen molar-refractivity contribution in [2.45, 2.75) is 19.4 Å². The number of carbonyl (C=O) groups is 1. The number of rotatable bonds is 7. The second-order valence-corrected chi connectivity index (χ2v) is 8.35. The van der Waals surface area contributed by atoms with Gasteiger partial charge in [-0.15, -0.1) is 0 Å². The summed E-state index contributed by atoms with van der Waals surface area (Å²) in [5.41, 5.74) is 2.39. The molecule has 0 saturated heterocycles. The van der Waals surface area contributed by atoms with Crippen LogP contribution in [-0.2, 0) is 9.53 Å². The SMILES string of the molecule is C=CCOc1ccccc1/C=c1\sc2n(c1=O)[C@@H](c1ccccc1)C(C(=O)OC)=C(CC)N=2. The summed E-state index contributed by atoms with van der Waals surface area (Å²) in [5.74, 6) is 0.175. The Kier molecular flexibility index (Phi) is 6.70. The fourth-order valence-corrected chi connectivity index (χ4v) is 4.85. The van der Waals surface area contributed by atoms with Crippen LogP contribution in [0.25, 0.3) is 6.08 Å². The summed E-state index contributed by atoms with van der Waals surface area (Å²) < 4.78 is 12.9. The van der Waals surface area contributed by atoms with Crippen molar-refractivity contribution in [2.24, 2.45) is 4.99 Å². The van der Waals surface area contributed by atoms with Crippen LogP contribution in [-0.4, -0.2) is 24.3 Å². The molecule has 0 saturated carbocycles. The van der Waals surface area contributed by atoms with E-state index >= 15 is 0 Å². The maximum Gasteiger partial charge on any atom is 0.338 e. The van der Waals surface area contributed by atoms with Crippen LogP contribution >= 0.6 is 11.3 Å². The molecule has 2 aromatic carbocycles. The Balaban J connectivity index is 1.96. The molecule has 0 spiro atoms. The Morgan fingerprint density at radius 2 is 1.91 bits per heavy atom. The number of methoxy groups -OCH3 is 1. The predicted octanol–water partition coefficient (Wildman–Crippen LogP) is 3.36. The maximum atomic E-state index is 13.6. The topological polar surface area (TPSA) is 69.9 Å². The molecule has 0 aliphatic carbocycles. The summed E-state index contributed by atoms with van der Waals surface area (Å²) in [6, 6.07) is 16.4. The van der Waals surface area contributed by atoms with Gasteiger partial charge in [-0.2, -0.15) is 0 Å². The van der Waals surface area contributed by atoms with Gasteiger partial charge in [0.2, 0.25) is 0 Å². The quantitative estimate of drug-likeness (QED) is 0.401. The summed E-state index contributed by atoms with van der Waals surface area (Å²) in [6.07, 6.45) is 4.01. The van der Waals surface area contributed by atoms with Crippen molar-refractivity contribution in [1.82, 2.24) is 4.57 Å². The second kappa shape index (κ2) is 9.83. The van der Waals surface area contributed by atoms with E-state index in [2.05, 4.69) is 11.6 Å². The molecule has 0 N–H and O–H groups in total. The number of nitrogens with zero attached hydrogens (tertiary/aromatic N) is 2. The predicted molar refractivity (Wildman–Crippen MR) is 129 cm³/mol. The Bertz CT molecular complexity index is 1400. The Hall–Kier alpha value is -3.71. The van der Waals surface area contributed by atoms with Crippen LogP contribution in [0.2, 0.25) is 0 Å². The fourth-order valence-electron chi connectivity index (χ4n) is 3.84. The van der Waals surface area contributed by atoms with Crippen LogP contribution in [0.3, 0.4) is 0 Å². The summed E-state index contributed by atoms with van der Waals surface area (Å²) in [7, 11) is 1.34. The minimum Gasteiger partial charge on any atom is -0.489 e. The lowest BCUT2D eigenvalue weighted by atomic mass is 9.95. The maximum absolute atomic E-state index is 13.6. The third-order valence-corrected chi connectivity index (χ3v) is 6.31. The monoisotopic (exact) mass is 460 g/mol. The van der Waals surface area contributed by atoms with E-state index in [0.29, 0.717) is 39.4 Å². The number of esters is 1. The van der Waals surface area contributed by atoms with Gasteiger partial charge in [-0.25, -0.2) is 9.79 Å². The molecule has 0 unspecified atom stereocenters. The minimum atomic E-state index is -0.612. The van der Waals surface area contributed by atoms with Crippen molar-refractivity contribution in [3.63, 3.8) is 0 Å². The van der Waals surface area contributed by atoms with Crippen LogP contribution in [0.1, 0.15) is 30.5 Å². The number of aromatic nitrogens is 1. The number of hydrogen-bond donors (Lipinski definition) is 0. The standard InChI is InChI=1S/C26H24N2O4S/c1-4-15-32-20-14-10-9-13-18(20)16-21-24(29)28-23(17-11-7-6-8-12-17)22(25(30)31-3)19(5-2)27-26(28)33-21/h4,6-14,16,23H,1,5,15H2,2-3H3/b21-16-/t23-/m0/s1. The van der Waals surface area contributed by atoms with E-state index in [4.69, 9.17) is 9.47 Å². The molecule has 168 valence electrons. The molecular weight excluding hydrogens is 436 g/mol. The molecule has 1 aliphatic heterocycles. The number of thiazole rings is 1. The van der Waals surface area contributed by atoms with Crippen LogP contribution in [0.5, 0.6) is 5.75 Å². The van der Waals surface area contributed by atoms with E-state index in [1.807, 2.05) is 61.5 Å². The van der Waals surface area contributed by atoms with Crippen molar-refractivity contribution >= 4 is 23.4 Å². The number of allylic oxidation sites excluding steroid dienone is 1. The molecule has 4 rings (SSSR count). The van der Waals surface area contributed by atoms with Gasteiger partial charge >= 0.3 is 5.97 Å². The zero-order valence-corrected chi connectivity index (χ0v) is 19.3. The first kappa shape index (κ1) is 22.5. The zero-order chi connectivity index (χ0) is 23.4. The lowest BCUT2D eigenvalue weighted by molar-refractivity contribution is -0.136. The lowest BCUT2D eigenvalue weighted by Gasteiger charge is -2.25. The first-order valence-electron chi connectivity index (χ1n) is 10.6. The van der Waals surface area contributed by atoms with E-state index in [9.17, 15) is 9.59 Å². The Morgan fingerprint density at radius 3 is 2.61 bits per heavy atom. The number of ether oxygens (including phenoxy) is 2. The van der Waals surface area contributed by atoms with E-state index in [-0.39, 0.29) is 5.56 Å². The van der Waals surface area contributed by atoms with Gasteiger partial charge in [0.05, 0.1) is 29.0 Å². The minimum absolute atomic E-state index is 0.220. The van der Waals surface area contributed by atoms with Gasteiger partial charge in [-0.05, 0) is 24.1 Å². The van der Waals surface area contributed by atoms with E-state index in [0.717, 1.165) is 11.1 Å². The highest BCUT2D eigenvalue weighted by Gasteiger charge is 2.33. The molecule has 0 fully saturated rings. The van der Waals surface area contributed by atoms with Gasteiger partial charge in [-0.3, -0.25) is 9.36 Å². The number of carbonyl (C=O) groups excluding carboxylic acids is 1. The molecule has 1 aromatic heterocycles.